The van der Waals surface area contributed by atoms with Gasteiger partial charge in [-0.25, -0.2) is 0 Å². The average molecular weight is 485 g/mol. The van der Waals surface area contributed by atoms with Gasteiger partial charge in [-0.1, -0.05) is 23.9 Å². The van der Waals surface area contributed by atoms with Crippen LogP contribution in [0.2, 0.25) is 0 Å². The molecule has 0 bridgehead atoms. The molecule has 1 saturated heterocycles. The minimum absolute atomic E-state index is 0.184. The van der Waals surface area contributed by atoms with Gasteiger partial charge in [0.25, 0.3) is 5.69 Å². The van der Waals surface area contributed by atoms with E-state index in [1.807, 2.05) is 0 Å². The van der Waals surface area contributed by atoms with E-state index in [-0.39, 0.29) is 17.2 Å². The van der Waals surface area contributed by atoms with E-state index in [2.05, 4.69) is 0 Å². The lowest BCUT2D eigenvalue weighted by molar-refractivity contribution is -0.387. The lowest BCUT2D eigenvalue weighted by Crippen LogP contribution is -2.61. The molecule has 0 aromatic heterocycles. The Hall–Kier alpha value is -3.19. The molecule has 1 aliphatic rings. The zero-order valence-electron chi connectivity index (χ0n) is 18.2. The number of rotatable bonds is 8. The molecule has 12 nitrogen and oxygen atoms in total. The summed E-state index contributed by atoms with van der Waals surface area (Å²) in [6.07, 6.45) is -5.08. The summed E-state index contributed by atoms with van der Waals surface area (Å²) in [6.45, 7) is 4.11. The molecule has 0 saturated carbocycles. The first-order valence-corrected chi connectivity index (χ1v) is 10.6. The highest BCUT2D eigenvalue weighted by Gasteiger charge is 2.52. The predicted octanol–water partition coefficient (Wildman–Crippen LogP) is 1.77. The van der Waals surface area contributed by atoms with Crippen LogP contribution in [-0.4, -0.2) is 65.3 Å². The summed E-state index contributed by atoms with van der Waals surface area (Å²) in [4.78, 5) is 57.8. The van der Waals surface area contributed by atoms with Crippen molar-refractivity contribution < 1.29 is 47.8 Å². The Bertz CT molecular complexity index is 921. The second-order valence-electron chi connectivity index (χ2n) is 6.91. The maximum Gasteiger partial charge on any atom is 0.303 e. The SMILES string of the molecule is CC(=O)OC[C@H]1O[C@@H](Sc2ccccc2[N+](=O)[O-])[C@H](OC(C)=O)[C@@H](OC(C)=O)[C@@H]1OC(C)=O. The van der Waals surface area contributed by atoms with Gasteiger partial charge in [-0.05, 0) is 6.07 Å². The van der Waals surface area contributed by atoms with Crippen molar-refractivity contribution in [1.82, 2.24) is 0 Å². The fourth-order valence-corrected chi connectivity index (χ4v) is 4.33. The highest BCUT2D eigenvalue weighted by Crippen LogP contribution is 2.40. The van der Waals surface area contributed by atoms with Crippen LogP contribution in [0.15, 0.2) is 29.2 Å². The molecule has 1 fully saturated rings. The first-order chi connectivity index (χ1) is 15.5. The number of para-hydroxylation sites is 1. The lowest BCUT2D eigenvalue weighted by Gasteiger charge is -2.44. The number of nitrogens with zero attached hydrogens (tertiary/aromatic N) is 1. The van der Waals surface area contributed by atoms with E-state index in [9.17, 15) is 29.3 Å². The molecule has 5 atom stereocenters. The normalized spacial score (nSPS) is 24.3. The van der Waals surface area contributed by atoms with Gasteiger partial charge in [-0.2, -0.15) is 0 Å². The third-order valence-electron chi connectivity index (χ3n) is 4.25. The Morgan fingerprint density at radius 1 is 0.909 bits per heavy atom. The minimum atomic E-state index is -1.34. The number of nitro benzene ring substituents is 1. The fourth-order valence-electron chi connectivity index (χ4n) is 3.12. The molecule has 1 aromatic carbocycles. The first kappa shape index (κ1) is 26.1. The second-order valence-corrected chi connectivity index (χ2v) is 8.05. The van der Waals surface area contributed by atoms with Crippen molar-refractivity contribution in [2.45, 2.75) is 62.4 Å². The molecule has 1 aromatic rings. The molecular weight excluding hydrogens is 462 g/mol. The third-order valence-corrected chi connectivity index (χ3v) is 5.46. The molecule has 180 valence electrons. The molecule has 0 aliphatic carbocycles. The Morgan fingerprint density at radius 3 is 2.00 bits per heavy atom. The van der Waals surface area contributed by atoms with Crippen molar-refractivity contribution in [2.24, 2.45) is 0 Å². The smallest absolute Gasteiger partial charge is 0.303 e. The van der Waals surface area contributed by atoms with Crippen molar-refractivity contribution in [3.05, 3.63) is 34.4 Å². The third kappa shape index (κ3) is 7.43. The molecule has 13 heteroatoms. The van der Waals surface area contributed by atoms with Crippen molar-refractivity contribution in [1.29, 1.82) is 0 Å². The quantitative estimate of drug-likeness (QED) is 0.228. The van der Waals surface area contributed by atoms with E-state index >= 15 is 0 Å². The molecule has 33 heavy (non-hydrogen) atoms. The number of benzene rings is 1. The van der Waals surface area contributed by atoms with Crippen molar-refractivity contribution in [2.75, 3.05) is 6.61 Å². The van der Waals surface area contributed by atoms with Gasteiger partial charge in [0, 0.05) is 33.8 Å². The summed E-state index contributed by atoms with van der Waals surface area (Å²) in [6, 6.07) is 5.81. The minimum Gasteiger partial charge on any atom is -0.463 e. The van der Waals surface area contributed by atoms with E-state index in [1.54, 1.807) is 6.07 Å². The highest BCUT2D eigenvalue weighted by atomic mass is 32.2. The fraction of sp³-hybridized carbons (Fsp3) is 0.500. The van der Waals surface area contributed by atoms with Crippen molar-refractivity contribution in [3.8, 4) is 0 Å². The van der Waals surface area contributed by atoms with E-state index in [4.69, 9.17) is 23.7 Å². The largest absolute Gasteiger partial charge is 0.463 e. The summed E-state index contributed by atoms with van der Waals surface area (Å²) >= 11 is 0.846. The van der Waals surface area contributed by atoms with Gasteiger partial charge in [-0.15, -0.1) is 0 Å². The zero-order chi connectivity index (χ0) is 24.7. The average Bonchev–Trinajstić information content (AvgIpc) is 2.70. The molecule has 0 radical (unpaired) electrons. The summed E-state index contributed by atoms with van der Waals surface area (Å²) in [7, 11) is 0. The molecule has 2 rings (SSSR count). The van der Waals surface area contributed by atoms with Crippen LogP contribution in [0.5, 0.6) is 0 Å². The number of esters is 4. The highest BCUT2D eigenvalue weighted by molar-refractivity contribution is 8.00. The van der Waals surface area contributed by atoms with Gasteiger partial charge in [0.15, 0.2) is 18.3 Å². The summed E-state index contributed by atoms with van der Waals surface area (Å²) in [5.74, 6) is -2.92. The van der Waals surface area contributed by atoms with Gasteiger partial charge in [0.2, 0.25) is 0 Å². The van der Waals surface area contributed by atoms with Crippen molar-refractivity contribution in [3.63, 3.8) is 0 Å². The van der Waals surface area contributed by atoms with Crippen molar-refractivity contribution >= 4 is 41.3 Å². The number of hydrogen-bond acceptors (Lipinski definition) is 12. The van der Waals surface area contributed by atoms with Gasteiger partial charge < -0.3 is 23.7 Å². The number of thioether (sulfide) groups is 1. The molecule has 0 amide bonds. The Balaban J connectivity index is 2.51. The standard InChI is InChI=1S/C20H23NO11S/c1-10(22)28-9-15-17(29-11(2)23)18(30-12(3)24)19(31-13(4)25)20(32-15)33-16-8-6-5-7-14(16)21(26)27/h5-8,15,17-20H,9H2,1-4H3/t15-,17-,18+,19-,20+/m1/s1. The zero-order valence-corrected chi connectivity index (χ0v) is 19.1. The number of ether oxygens (including phenoxy) is 5. The van der Waals surface area contributed by atoms with Crippen LogP contribution < -0.4 is 0 Å². The topological polar surface area (TPSA) is 158 Å². The lowest BCUT2D eigenvalue weighted by atomic mass is 9.99. The number of nitro groups is 1. The maximum absolute atomic E-state index is 11.8. The van der Waals surface area contributed by atoms with Crippen LogP contribution in [0, 0.1) is 10.1 Å². The molecule has 0 spiro atoms. The van der Waals surface area contributed by atoms with Gasteiger partial charge in [0.1, 0.15) is 18.1 Å². The number of carbonyl (C=O) groups is 4. The summed E-state index contributed by atoms with van der Waals surface area (Å²) in [5.41, 5.74) is -1.37. The predicted molar refractivity (Wildman–Crippen MR) is 111 cm³/mol. The summed E-state index contributed by atoms with van der Waals surface area (Å²) in [5, 5.41) is 11.4. The number of carbonyl (C=O) groups excluding carboxylic acids is 4. The van der Waals surface area contributed by atoms with E-state index in [1.165, 1.54) is 18.2 Å². The first-order valence-electron chi connectivity index (χ1n) is 9.70. The van der Waals surface area contributed by atoms with E-state index < -0.39 is 58.7 Å². The maximum atomic E-state index is 11.8. The molecular formula is C20H23NO11S. The van der Waals surface area contributed by atoms with Crippen LogP contribution in [0.3, 0.4) is 0 Å². The molecule has 1 aliphatic heterocycles. The monoisotopic (exact) mass is 485 g/mol. The second kappa shape index (κ2) is 11.6. The van der Waals surface area contributed by atoms with Gasteiger partial charge in [-0.3, -0.25) is 29.3 Å². The van der Waals surface area contributed by atoms with E-state index in [0.29, 0.717) is 0 Å². The Kier molecular flexibility index (Phi) is 9.17. The Labute approximate surface area is 193 Å². The molecule has 1 heterocycles. The van der Waals surface area contributed by atoms with Crippen LogP contribution in [0.1, 0.15) is 27.7 Å². The number of hydrogen-bond donors (Lipinski definition) is 0. The Morgan fingerprint density at radius 2 is 1.45 bits per heavy atom. The molecule has 0 unspecified atom stereocenters. The van der Waals surface area contributed by atoms with E-state index in [0.717, 1.165) is 39.5 Å². The van der Waals surface area contributed by atoms with Gasteiger partial charge >= 0.3 is 23.9 Å². The van der Waals surface area contributed by atoms with Crippen LogP contribution >= 0.6 is 11.8 Å². The van der Waals surface area contributed by atoms with Crippen LogP contribution in [-0.2, 0) is 42.9 Å². The van der Waals surface area contributed by atoms with Crippen LogP contribution in [0.4, 0.5) is 5.69 Å². The molecule has 0 N–H and O–H groups in total. The van der Waals surface area contributed by atoms with Crippen LogP contribution in [0.25, 0.3) is 0 Å². The van der Waals surface area contributed by atoms with Gasteiger partial charge in [0.05, 0.1) is 9.82 Å². The summed E-state index contributed by atoms with van der Waals surface area (Å²) < 4.78 is 26.9.